The zero-order valence-electron chi connectivity index (χ0n) is 17.2. The van der Waals surface area contributed by atoms with Gasteiger partial charge in [0, 0.05) is 22.9 Å². The minimum Gasteiger partial charge on any atom is -0.455 e. The van der Waals surface area contributed by atoms with Gasteiger partial charge >= 0.3 is 0 Å². The van der Waals surface area contributed by atoms with E-state index in [9.17, 15) is 0 Å². The summed E-state index contributed by atoms with van der Waals surface area (Å²) in [7, 11) is 2.05. The molecule has 0 atom stereocenters. The van der Waals surface area contributed by atoms with Gasteiger partial charge in [-0.3, -0.25) is 0 Å². The third-order valence-corrected chi connectivity index (χ3v) is 5.76. The van der Waals surface area contributed by atoms with E-state index in [-0.39, 0.29) is 0 Å². The Hall–Kier alpha value is -3.90. The number of rotatable bonds is 2. The van der Waals surface area contributed by atoms with Crippen LogP contribution < -0.4 is 4.57 Å². The molecule has 5 rings (SSSR count). The van der Waals surface area contributed by atoms with Crippen LogP contribution in [0.2, 0.25) is 0 Å². The molecule has 2 heterocycles. The highest BCUT2D eigenvalue weighted by Crippen LogP contribution is 2.44. The van der Waals surface area contributed by atoms with Crippen LogP contribution in [-0.4, -0.2) is 0 Å². The first-order valence-corrected chi connectivity index (χ1v) is 9.97. The van der Waals surface area contributed by atoms with Crippen molar-refractivity contribution in [2.75, 3.05) is 0 Å². The van der Waals surface area contributed by atoms with E-state index in [4.69, 9.17) is 11.0 Å². The van der Waals surface area contributed by atoms with Gasteiger partial charge < -0.3 is 4.42 Å². The predicted molar refractivity (Wildman–Crippen MR) is 122 cm³/mol. The van der Waals surface area contributed by atoms with Crippen molar-refractivity contribution in [1.29, 1.82) is 0 Å². The Bertz CT molecular complexity index is 1470. The Balaban J connectivity index is 1.93. The zero-order chi connectivity index (χ0) is 20.8. The highest BCUT2D eigenvalue weighted by molar-refractivity contribution is 6.18. The molecule has 3 aromatic carbocycles. The largest absolute Gasteiger partial charge is 0.455 e. The molecular formula is C27H21N2O+. The average molecular weight is 389 g/mol. The van der Waals surface area contributed by atoms with E-state index >= 15 is 0 Å². The molecule has 0 aliphatic heterocycles. The smallest absolute Gasteiger partial charge is 0.216 e. The standard InChI is InChI=1S/C27H21N2O/c1-17-8-11-19(12-9-17)25-21(28-3)14-15-23-26(25)20-13-10-18(2)24(27(20)30-23)22-7-5-6-16-29(22)4/h5-16H,1-2,4H3/q+1. The molecule has 5 aromatic rings. The fraction of sp³-hybridized carbons (Fsp3) is 0.111. The predicted octanol–water partition coefficient (Wildman–Crippen LogP) is 6.91. The second-order valence-corrected chi connectivity index (χ2v) is 7.74. The van der Waals surface area contributed by atoms with E-state index in [1.165, 1.54) is 5.56 Å². The fourth-order valence-electron chi connectivity index (χ4n) is 4.23. The minimum absolute atomic E-state index is 0.640. The highest BCUT2D eigenvalue weighted by Gasteiger charge is 2.22. The maximum absolute atomic E-state index is 7.74. The van der Waals surface area contributed by atoms with Crippen molar-refractivity contribution < 1.29 is 8.98 Å². The molecule has 0 fully saturated rings. The van der Waals surface area contributed by atoms with Gasteiger partial charge in [0.25, 0.3) is 0 Å². The molecule has 0 saturated carbocycles. The monoisotopic (exact) mass is 389 g/mol. The first-order valence-electron chi connectivity index (χ1n) is 9.97. The van der Waals surface area contributed by atoms with Crippen LogP contribution in [-0.2, 0) is 7.05 Å². The molecule has 3 nitrogen and oxygen atoms in total. The third-order valence-electron chi connectivity index (χ3n) is 5.76. The minimum atomic E-state index is 0.640. The molecule has 2 aromatic heterocycles. The van der Waals surface area contributed by atoms with Gasteiger partial charge in [-0.05, 0) is 42.7 Å². The summed E-state index contributed by atoms with van der Waals surface area (Å²) in [4.78, 5) is 3.82. The van der Waals surface area contributed by atoms with Crippen LogP contribution in [0.1, 0.15) is 11.1 Å². The fourth-order valence-corrected chi connectivity index (χ4v) is 4.23. The van der Waals surface area contributed by atoms with Gasteiger partial charge in [-0.15, -0.1) is 0 Å². The van der Waals surface area contributed by atoms with E-state index in [1.54, 1.807) is 0 Å². The molecule has 0 amide bonds. The number of furan rings is 1. The molecule has 3 heteroatoms. The third kappa shape index (κ3) is 2.69. The van der Waals surface area contributed by atoms with Crippen molar-refractivity contribution in [3.8, 4) is 22.4 Å². The summed E-state index contributed by atoms with van der Waals surface area (Å²) in [5.74, 6) is 0. The summed E-state index contributed by atoms with van der Waals surface area (Å²) < 4.78 is 8.55. The van der Waals surface area contributed by atoms with Gasteiger partial charge in [-0.1, -0.05) is 48.0 Å². The molecule has 0 bridgehead atoms. The molecule has 0 spiro atoms. The van der Waals surface area contributed by atoms with Crippen LogP contribution in [0.5, 0.6) is 0 Å². The van der Waals surface area contributed by atoms with Crippen LogP contribution in [0.15, 0.2) is 77.3 Å². The molecule has 0 unspecified atom stereocenters. The lowest BCUT2D eigenvalue weighted by molar-refractivity contribution is -0.660. The van der Waals surface area contributed by atoms with Crippen molar-refractivity contribution in [1.82, 2.24) is 0 Å². The summed E-state index contributed by atoms with van der Waals surface area (Å²) in [6.07, 6.45) is 2.05. The van der Waals surface area contributed by atoms with Crippen molar-refractivity contribution in [2.24, 2.45) is 7.05 Å². The molecule has 30 heavy (non-hydrogen) atoms. The normalized spacial score (nSPS) is 11.1. The van der Waals surface area contributed by atoms with Crippen molar-refractivity contribution in [3.05, 3.63) is 95.5 Å². The first kappa shape index (κ1) is 18.1. The summed E-state index contributed by atoms with van der Waals surface area (Å²) in [5, 5.41) is 2.04. The van der Waals surface area contributed by atoms with Gasteiger partial charge in [0.05, 0.1) is 12.1 Å². The summed E-state index contributed by atoms with van der Waals surface area (Å²) in [6.45, 7) is 11.9. The Morgan fingerprint density at radius 2 is 1.67 bits per heavy atom. The number of pyridine rings is 1. The second kappa shape index (κ2) is 6.86. The van der Waals surface area contributed by atoms with Gasteiger partial charge in [0.2, 0.25) is 5.69 Å². The molecule has 0 aliphatic carbocycles. The van der Waals surface area contributed by atoms with Crippen LogP contribution in [0, 0.1) is 20.4 Å². The van der Waals surface area contributed by atoms with Crippen molar-refractivity contribution in [3.63, 3.8) is 0 Å². The molecule has 0 aliphatic rings. The number of hydrogen-bond acceptors (Lipinski definition) is 1. The second-order valence-electron chi connectivity index (χ2n) is 7.74. The van der Waals surface area contributed by atoms with Crippen molar-refractivity contribution >= 4 is 27.6 Å². The Kier molecular flexibility index (Phi) is 4.15. The van der Waals surface area contributed by atoms with Gasteiger partial charge in [0.1, 0.15) is 18.2 Å². The quantitative estimate of drug-likeness (QED) is 0.237. The Morgan fingerprint density at radius 3 is 2.40 bits per heavy atom. The van der Waals surface area contributed by atoms with E-state index in [0.717, 1.165) is 49.9 Å². The van der Waals surface area contributed by atoms with Gasteiger partial charge in [-0.2, -0.15) is 0 Å². The number of benzene rings is 3. The summed E-state index contributed by atoms with van der Waals surface area (Å²) >= 11 is 0. The summed E-state index contributed by atoms with van der Waals surface area (Å²) in [6, 6.07) is 22.6. The van der Waals surface area contributed by atoms with Gasteiger partial charge in [0.15, 0.2) is 11.9 Å². The number of aryl methyl sites for hydroxylation is 3. The van der Waals surface area contributed by atoms with Crippen LogP contribution in [0.4, 0.5) is 5.69 Å². The van der Waals surface area contributed by atoms with Crippen LogP contribution in [0.3, 0.4) is 0 Å². The number of hydrogen-bond donors (Lipinski definition) is 0. The topological polar surface area (TPSA) is 21.4 Å². The number of nitrogens with zero attached hydrogens (tertiary/aromatic N) is 2. The molecule has 0 saturated heterocycles. The maximum atomic E-state index is 7.74. The first-order chi connectivity index (χ1) is 14.6. The van der Waals surface area contributed by atoms with Crippen LogP contribution in [0.25, 0.3) is 49.2 Å². The van der Waals surface area contributed by atoms with E-state index in [2.05, 4.69) is 65.7 Å². The van der Waals surface area contributed by atoms with Crippen molar-refractivity contribution in [2.45, 2.75) is 13.8 Å². The van der Waals surface area contributed by atoms with E-state index in [1.807, 2.05) is 37.5 Å². The Labute approximate surface area is 175 Å². The maximum Gasteiger partial charge on any atom is 0.216 e. The molecule has 0 radical (unpaired) electrons. The SMILES string of the molecule is [C-]#[N+]c1ccc2oc3c(-c4cccc[n+]4C)c(C)ccc3c2c1-c1ccc(C)cc1. The lowest BCUT2D eigenvalue weighted by Gasteiger charge is -2.08. The number of aromatic nitrogens is 1. The zero-order valence-corrected chi connectivity index (χ0v) is 17.2. The highest BCUT2D eigenvalue weighted by atomic mass is 16.3. The van der Waals surface area contributed by atoms with Gasteiger partial charge in [-0.25, -0.2) is 9.41 Å². The number of fused-ring (bicyclic) bond motifs is 3. The molecule has 0 N–H and O–H groups in total. The summed E-state index contributed by atoms with van der Waals surface area (Å²) in [5.41, 5.74) is 8.82. The van der Waals surface area contributed by atoms with E-state index < -0.39 is 0 Å². The lowest BCUT2D eigenvalue weighted by atomic mass is 9.95. The molecular weight excluding hydrogens is 368 g/mol. The average Bonchev–Trinajstić information content (AvgIpc) is 3.13. The van der Waals surface area contributed by atoms with E-state index in [0.29, 0.717) is 5.69 Å². The molecule has 144 valence electrons. The lowest BCUT2D eigenvalue weighted by Crippen LogP contribution is -2.30. The Morgan fingerprint density at radius 1 is 0.867 bits per heavy atom. The van der Waals surface area contributed by atoms with Crippen LogP contribution >= 0.6 is 0 Å².